The van der Waals surface area contributed by atoms with Gasteiger partial charge in [0.15, 0.2) is 11.5 Å². The van der Waals surface area contributed by atoms with Gasteiger partial charge in [0, 0.05) is 0 Å². The van der Waals surface area contributed by atoms with Crippen LogP contribution in [0.5, 0.6) is 17.2 Å². The van der Waals surface area contributed by atoms with Crippen molar-refractivity contribution in [2.45, 2.75) is 12.8 Å². The Labute approximate surface area is 117 Å². The van der Waals surface area contributed by atoms with E-state index in [2.05, 4.69) is 0 Å². The zero-order chi connectivity index (χ0) is 13.5. The Kier molecular flexibility index (Phi) is 8.18. The van der Waals surface area contributed by atoms with Crippen LogP contribution in [-0.2, 0) is 6.42 Å². The molecule has 0 heterocycles. The van der Waals surface area contributed by atoms with Crippen LogP contribution in [-0.4, -0.2) is 33.8 Å². The van der Waals surface area contributed by atoms with Crippen molar-refractivity contribution in [1.82, 2.24) is 0 Å². The Hall–Kier alpha value is -1.27. The second-order valence-corrected chi connectivity index (χ2v) is 3.57. The van der Waals surface area contributed by atoms with Crippen molar-refractivity contribution in [3.8, 4) is 17.2 Å². The first-order chi connectivity index (χ1) is 8.62. The van der Waals surface area contributed by atoms with Gasteiger partial charge in [-0.2, -0.15) is 0 Å². The molecule has 0 atom stereocenters. The highest BCUT2D eigenvalue weighted by molar-refractivity contribution is 5.85. The maximum Gasteiger partial charge on any atom is 0.272 e. The van der Waals surface area contributed by atoms with Crippen LogP contribution in [0.4, 0.5) is 8.78 Å². The number of rotatable bonds is 7. The second-order valence-electron chi connectivity index (χ2n) is 3.57. The molecule has 0 fully saturated rings. The van der Waals surface area contributed by atoms with Crippen molar-refractivity contribution in [2.24, 2.45) is 5.73 Å². The molecule has 0 saturated heterocycles. The molecule has 4 nitrogen and oxygen atoms in total. The molecule has 19 heavy (non-hydrogen) atoms. The van der Waals surface area contributed by atoms with E-state index in [-0.39, 0.29) is 18.2 Å². The van der Waals surface area contributed by atoms with Crippen LogP contribution in [0.3, 0.4) is 0 Å². The summed E-state index contributed by atoms with van der Waals surface area (Å²) in [5.74, 6) is 0.901. The van der Waals surface area contributed by atoms with Crippen molar-refractivity contribution in [1.29, 1.82) is 0 Å². The summed E-state index contributed by atoms with van der Waals surface area (Å²) < 4.78 is 39.6. The van der Waals surface area contributed by atoms with Crippen LogP contribution < -0.4 is 19.9 Å². The van der Waals surface area contributed by atoms with Gasteiger partial charge in [0.25, 0.3) is 6.43 Å². The second kappa shape index (κ2) is 8.77. The van der Waals surface area contributed by atoms with Crippen LogP contribution in [0.25, 0.3) is 0 Å². The van der Waals surface area contributed by atoms with E-state index >= 15 is 0 Å². The number of alkyl halides is 2. The zero-order valence-electron chi connectivity index (χ0n) is 10.8. The Morgan fingerprint density at radius 1 is 1.16 bits per heavy atom. The maximum atomic E-state index is 12.2. The molecule has 0 saturated carbocycles. The molecular weight excluding hydrogens is 280 g/mol. The van der Waals surface area contributed by atoms with Crippen LogP contribution in [0.15, 0.2) is 12.1 Å². The third kappa shape index (κ3) is 5.08. The Balaban J connectivity index is 0.00000324. The molecule has 1 rings (SSSR count). The van der Waals surface area contributed by atoms with E-state index in [0.717, 1.165) is 5.56 Å². The predicted molar refractivity (Wildman–Crippen MR) is 71.1 cm³/mol. The fraction of sp³-hybridized carbons (Fsp3) is 0.500. The lowest BCUT2D eigenvalue weighted by atomic mass is 10.1. The van der Waals surface area contributed by atoms with Gasteiger partial charge in [-0.1, -0.05) is 0 Å². The third-order valence-electron chi connectivity index (χ3n) is 2.31. The lowest BCUT2D eigenvalue weighted by Gasteiger charge is -2.15. The van der Waals surface area contributed by atoms with Crippen LogP contribution in [0, 0.1) is 0 Å². The molecule has 0 aromatic heterocycles. The minimum absolute atomic E-state index is 0. The minimum Gasteiger partial charge on any atom is -0.493 e. The lowest BCUT2D eigenvalue weighted by molar-refractivity contribution is 0.0789. The molecule has 0 unspecified atom stereocenters. The lowest BCUT2D eigenvalue weighted by Crippen LogP contribution is -2.09. The van der Waals surface area contributed by atoms with E-state index in [0.29, 0.717) is 24.5 Å². The maximum absolute atomic E-state index is 12.2. The van der Waals surface area contributed by atoms with Gasteiger partial charge in [-0.15, -0.1) is 12.4 Å². The van der Waals surface area contributed by atoms with Crippen molar-refractivity contribution in [2.75, 3.05) is 27.4 Å². The number of hydrogen-bond acceptors (Lipinski definition) is 4. The molecule has 0 radical (unpaired) electrons. The summed E-state index contributed by atoms with van der Waals surface area (Å²) in [6.07, 6.45) is -1.91. The first-order valence-corrected chi connectivity index (χ1v) is 5.48. The number of halogens is 3. The van der Waals surface area contributed by atoms with Crippen molar-refractivity contribution < 1.29 is 23.0 Å². The van der Waals surface area contributed by atoms with Crippen LogP contribution in [0.2, 0.25) is 0 Å². The monoisotopic (exact) mass is 297 g/mol. The van der Waals surface area contributed by atoms with Gasteiger partial charge in [-0.25, -0.2) is 8.78 Å². The summed E-state index contributed by atoms with van der Waals surface area (Å²) in [6.45, 7) is -0.230. The number of methoxy groups -OCH3 is 2. The van der Waals surface area contributed by atoms with E-state index in [4.69, 9.17) is 19.9 Å². The van der Waals surface area contributed by atoms with Gasteiger partial charge >= 0.3 is 0 Å². The molecule has 7 heteroatoms. The number of hydrogen-bond donors (Lipinski definition) is 1. The topological polar surface area (TPSA) is 53.7 Å². The number of nitrogens with two attached hydrogens (primary N) is 1. The molecule has 0 bridgehead atoms. The fourth-order valence-electron chi connectivity index (χ4n) is 1.53. The van der Waals surface area contributed by atoms with Gasteiger partial charge in [0.1, 0.15) is 6.61 Å². The number of ether oxygens (including phenoxy) is 3. The number of benzene rings is 1. The highest BCUT2D eigenvalue weighted by Gasteiger charge is 2.15. The van der Waals surface area contributed by atoms with E-state index < -0.39 is 13.0 Å². The first-order valence-electron chi connectivity index (χ1n) is 5.48. The fourth-order valence-corrected chi connectivity index (χ4v) is 1.53. The highest BCUT2D eigenvalue weighted by Crippen LogP contribution is 2.38. The predicted octanol–water partition coefficient (Wildman–Crippen LogP) is 2.27. The van der Waals surface area contributed by atoms with Gasteiger partial charge < -0.3 is 19.9 Å². The van der Waals surface area contributed by atoms with Crippen molar-refractivity contribution in [3.05, 3.63) is 17.7 Å². The largest absolute Gasteiger partial charge is 0.493 e. The summed E-state index contributed by atoms with van der Waals surface area (Å²) in [6, 6.07) is 3.41. The zero-order valence-corrected chi connectivity index (χ0v) is 11.6. The molecule has 0 amide bonds. The van der Waals surface area contributed by atoms with Gasteiger partial charge in [-0.3, -0.25) is 0 Å². The molecular formula is C12H18ClF2NO3. The third-order valence-corrected chi connectivity index (χ3v) is 2.31. The Morgan fingerprint density at radius 2 is 1.68 bits per heavy atom. The van der Waals surface area contributed by atoms with Gasteiger partial charge in [-0.05, 0) is 30.7 Å². The van der Waals surface area contributed by atoms with Crippen molar-refractivity contribution >= 4 is 12.4 Å². The van der Waals surface area contributed by atoms with E-state index in [1.54, 1.807) is 12.1 Å². The molecule has 1 aromatic rings. The van der Waals surface area contributed by atoms with E-state index in [1.807, 2.05) is 0 Å². The molecule has 0 spiro atoms. The first kappa shape index (κ1) is 17.7. The molecule has 110 valence electrons. The van der Waals surface area contributed by atoms with E-state index in [1.165, 1.54) is 14.2 Å². The SMILES string of the molecule is COc1cc(CCN)cc(OC)c1OCC(F)F.Cl. The normalized spacial score (nSPS) is 10.0. The van der Waals surface area contributed by atoms with Crippen LogP contribution in [0.1, 0.15) is 5.56 Å². The molecule has 2 N–H and O–H groups in total. The van der Waals surface area contributed by atoms with Gasteiger partial charge in [0.05, 0.1) is 14.2 Å². The minimum atomic E-state index is -2.55. The smallest absolute Gasteiger partial charge is 0.272 e. The summed E-state index contributed by atoms with van der Waals surface area (Å²) in [4.78, 5) is 0. The summed E-state index contributed by atoms with van der Waals surface area (Å²) in [7, 11) is 2.88. The summed E-state index contributed by atoms with van der Waals surface area (Å²) >= 11 is 0. The molecule has 0 aliphatic carbocycles. The Morgan fingerprint density at radius 3 is 2.05 bits per heavy atom. The summed E-state index contributed by atoms with van der Waals surface area (Å²) in [5, 5.41) is 0. The van der Waals surface area contributed by atoms with Gasteiger partial charge in [0.2, 0.25) is 5.75 Å². The Bertz CT molecular complexity index is 366. The molecule has 0 aliphatic heterocycles. The van der Waals surface area contributed by atoms with Crippen LogP contribution >= 0.6 is 12.4 Å². The quantitative estimate of drug-likeness (QED) is 0.839. The summed E-state index contributed by atoms with van der Waals surface area (Å²) in [5.41, 5.74) is 6.37. The molecule has 1 aromatic carbocycles. The average Bonchev–Trinajstić information content (AvgIpc) is 2.36. The van der Waals surface area contributed by atoms with E-state index in [9.17, 15) is 8.78 Å². The van der Waals surface area contributed by atoms with Crippen molar-refractivity contribution in [3.63, 3.8) is 0 Å². The standard InChI is InChI=1S/C12H17F2NO3.ClH/c1-16-9-5-8(3-4-15)6-10(17-2)12(9)18-7-11(13)14;/h5-6,11H,3-4,7,15H2,1-2H3;1H. The molecule has 0 aliphatic rings. The highest BCUT2D eigenvalue weighted by atomic mass is 35.5. The average molecular weight is 298 g/mol.